The van der Waals surface area contributed by atoms with Gasteiger partial charge < -0.3 is 4.57 Å². The Morgan fingerprint density at radius 3 is 2.73 bits per heavy atom. The Kier molecular flexibility index (Phi) is 2.51. The highest BCUT2D eigenvalue weighted by atomic mass is 35.5. The summed E-state index contributed by atoms with van der Waals surface area (Å²) in [5.74, 6) is -0.222. The molecule has 0 unspecified atom stereocenters. The van der Waals surface area contributed by atoms with Crippen molar-refractivity contribution in [2.24, 2.45) is 7.05 Å². The molecule has 0 aliphatic heterocycles. The Labute approximate surface area is 91.5 Å². The van der Waals surface area contributed by atoms with E-state index in [0.717, 1.165) is 0 Å². The van der Waals surface area contributed by atoms with Crippen molar-refractivity contribution >= 4 is 17.4 Å². The Morgan fingerprint density at radius 2 is 2.13 bits per heavy atom. The molecule has 0 atom stereocenters. The average Bonchev–Trinajstić information content (AvgIpc) is 2.64. The highest BCUT2D eigenvalue weighted by Gasteiger charge is 2.16. The van der Waals surface area contributed by atoms with E-state index in [0.29, 0.717) is 5.69 Å². The van der Waals surface area contributed by atoms with Crippen LogP contribution in [0.25, 0.3) is 0 Å². The van der Waals surface area contributed by atoms with Crippen molar-refractivity contribution in [1.82, 2.24) is 14.5 Å². The van der Waals surface area contributed by atoms with E-state index in [9.17, 15) is 4.79 Å². The van der Waals surface area contributed by atoms with Crippen LogP contribution < -0.4 is 0 Å². The second kappa shape index (κ2) is 3.82. The van der Waals surface area contributed by atoms with Crippen molar-refractivity contribution in [1.29, 1.82) is 0 Å². The highest BCUT2D eigenvalue weighted by Crippen LogP contribution is 2.14. The molecule has 4 nitrogen and oxygen atoms in total. The third-order valence-corrected chi connectivity index (χ3v) is 2.32. The number of aryl methyl sites for hydroxylation is 1. The zero-order chi connectivity index (χ0) is 10.8. The maximum atomic E-state index is 11.9. The normalized spacial score (nSPS) is 10.3. The predicted octanol–water partition coefficient (Wildman–Crippen LogP) is 1.70. The van der Waals surface area contributed by atoms with Crippen molar-refractivity contribution in [3.8, 4) is 0 Å². The monoisotopic (exact) mass is 221 g/mol. The lowest BCUT2D eigenvalue weighted by molar-refractivity contribution is 0.102. The zero-order valence-corrected chi connectivity index (χ0v) is 8.77. The van der Waals surface area contributed by atoms with Crippen LogP contribution in [-0.2, 0) is 7.05 Å². The molecule has 0 amide bonds. The van der Waals surface area contributed by atoms with E-state index in [1.165, 1.54) is 12.4 Å². The molecule has 0 fully saturated rings. The van der Waals surface area contributed by atoms with Gasteiger partial charge in [-0.25, -0.2) is 9.97 Å². The first kappa shape index (κ1) is 9.86. The van der Waals surface area contributed by atoms with Crippen LogP contribution in [-0.4, -0.2) is 20.3 Å². The van der Waals surface area contributed by atoms with Gasteiger partial charge in [0.1, 0.15) is 5.69 Å². The summed E-state index contributed by atoms with van der Waals surface area (Å²) in [5, 5.41) is 0.128. The molecule has 2 rings (SSSR count). The summed E-state index contributed by atoms with van der Waals surface area (Å²) in [6.45, 7) is 0. The number of hydrogen-bond donors (Lipinski definition) is 0. The lowest BCUT2D eigenvalue weighted by Gasteiger charge is -2.02. The quantitative estimate of drug-likeness (QED) is 0.726. The number of carbonyl (C=O) groups is 1. The van der Waals surface area contributed by atoms with Crippen molar-refractivity contribution in [3.05, 3.63) is 47.3 Å². The van der Waals surface area contributed by atoms with Crippen LogP contribution in [0.3, 0.4) is 0 Å². The Hall–Kier alpha value is -1.68. The van der Waals surface area contributed by atoms with E-state index in [-0.39, 0.29) is 16.6 Å². The van der Waals surface area contributed by atoms with E-state index >= 15 is 0 Å². The fourth-order valence-corrected chi connectivity index (χ4v) is 1.48. The van der Waals surface area contributed by atoms with Crippen LogP contribution in [0.4, 0.5) is 0 Å². The van der Waals surface area contributed by atoms with Gasteiger partial charge in [0.2, 0.25) is 5.78 Å². The van der Waals surface area contributed by atoms with Crippen LogP contribution in [0, 0.1) is 0 Å². The number of ketones is 1. The summed E-state index contributed by atoms with van der Waals surface area (Å²) >= 11 is 5.78. The molecule has 2 aromatic rings. The number of aromatic nitrogens is 3. The van der Waals surface area contributed by atoms with Gasteiger partial charge >= 0.3 is 0 Å². The molecule has 15 heavy (non-hydrogen) atoms. The van der Waals surface area contributed by atoms with Gasteiger partial charge in [-0.3, -0.25) is 4.79 Å². The van der Waals surface area contributed by atoms with Crippen LogP contribution in [0.15, 0.2) is 30.7 Å². The summed E-state index contributed by atoms with van der Waals surface area (Å²) in [6.07, 6.45) is 4.68. The maximum absolute atomic E-state index is 11.9. The van der Waals surface area contributed by atoms with Crippen molar-refractivity contribution in [3.63, 3.8) is 0 Å². The second-order valence-electron chi connectivity index (χ2n) is 3.03. The fourth-order valence-electron chi connectivity index (χ4n) is 1.29. The summed E-state index contributed by atoms with van der Waals surface area (Å²) in [4.78, 5) is 19.7. The first-order valence-corrected chi connectivity index (χ1v) is 4.70. The SMILES string of the molecule is Cn1cccc1C(=O)c1nccnc1Cl. The van der Waals surface area contributed by atoms with Crippen LogP contribution >= 0.6 is 11.6 Å². The van der Waals surface area contributed by atoms with E-state index in [2.05, 4.69) is 9.97 Å². The van der Waals surface area contributed by atoms with Gasteiger partial charge in [-0.1, -0.05) is 11.6 Å². The van der Waals surface area contributed by atoms with E-state index in [1.807, 2.05) is 0 Å². The topological polar surface area (TPSA) is 47.8 Å². The van der Waals surface area contributed by atoms with Crippen molar-refractivity contribution < 1.29 is 4.79 Å². The molecule has 5 heteroatoms. The molecule has 0 aliphatic rings. The first-order chi connectivity index (χ1) is 7.20. The number of nitrogens with zero attached hydrogens (tertiary/aromatic N) is 3. The summed E-state index contributed by atoms with van der Waals surface area (Å²) in [7, 11) is 1.79. The van der Waals surface area contributed by atoms with Gasteiger partial charge in [0.25, 0.3) is 0 Å². The van der Waals surface area contributed by atoms with Gasteiger partial charge in [0.05, 0.1) is 5.69 Å². The summed E-state index contributed by atoms with van der Waals surface area (Å²) in [6, 6.07) is 3.50. The lowest BCUT2D eigenvalue weighted by atomic mass is 10.2. The van der Waals surface area contributed by atoms with Gasteiger partial charge in [0, 0.05) is 25.6 Å². The van der Waals surface area contributed by atoms with Gasteiger partial charge in [-0.2, -0.15) is 0 Å². The van der Waals surface area contributed by atoms with Crippen LogP contribution in [0.1, 0.15) is 16.2 Å². The van der Waals surface area contributed by atoms with Gasteiger partial charge in [0.15, 0.2) is 5.15 Å². The van der Waals surface area contributed by atoms with E-state index in [4.69, 9.17) is 11.6 Å². The average molecular weight is 222 g/mol. The van der Waals surface area contributed by atoms with Crippen molar-refractivity contribution in [2.75, 3.05) is 0 Å². The number of hydrogen-bond acceptors (Lipinski definition) is 3. The molecule has 0 bridgehead atoms. The molecule has 0 radical (unpaired) electrons. The molecule has 0 aliphatic carbocycles. The smallest absolute Gasteiger partial charge is 0.230 e. The third-order valence-electron chi connectivity index (χ3n) is 2.05. The highest BCUT2D eigenvalue weighted by molar-refractivity contribution is 6.33. The molecule has 0 aromatic carbocycles. The van der Waals surface area contributed by atoms with Gasteiger partial charge in [-0.15, -0.1) is 0 Å². The molecule has 2 heterocycles. The van der Waals surface area contributed by atoms with Crippen LogP contribution in [0.5, 0.6) is 0 Å². The summed E-state index contributed by atoms with van der Waals surface area (Å²) in [5.41, 5.74) is 0.721. The second-order valence-corrected chi connectivity index (χ2v) is 3.39. The molecule has 2 aromatic heterocycles. The largest absolute Gasteiger partial charge is 0.348 e. The maximum Gasteiger partial charge on any atom is 0.230 e. The van der Waals surface area contributed by atoms with Crippen molar-refractivity contribution in [2.45, 2.75) is 0 Å². The Balaban J connectivity index is 2.46. The molecule has 76 valence electrons. The zero-order valence-electron chi connectivity index (χ0n) is 8.01. The molecule has 0 spiro atoms. The molecule has 0 N–H and O–H groups in total. The minimum atomic E-state index is -0.222. The molecule has 0 saturated heterocycles. The van der Waals surface area contributed by atoms with Crippen LogP contribution in [0.2, 0.25) is 5.15 Å². The predicted molar refractivity (Wildman–Crippen MR) is 55.9 cm³/mol. The molecular weight excluding hydrogens is 214 g/mol. The molecular formula is C10H8ClN3O. The first-order valence-electron chi connectivity index (χ1n) is 4.32. The standard InChI is InChI=1S/C10H8ClN3O/c1-14-6-2-3-7(14)9(15)8-10(11)13-5-4-12-8/h2-6H,1H3. The van der Waals surface area contributed by atoms with E-state index in [1.54, 1.807) is 29.9 Å². The van der Waals surface area contributed by atoms with E-state index < -0.39 is 0 Å². The van der Waals surface area contributed by atoms with Gasteiger partial charge in [-0.05, 0) is 12.1 Å². The Bertz CT molecular complexity index is 507. The fraction of sp³-hybridized carbons (Fsp3) is 0.100. The summed E-state index contributed by atoms with van der Waals surface area (Å²) < 4.78 is 1.72. The minimum absolute atomic E-state index is 0.128. The number of carbonyl (C=O) groups excluding carboxylic acids is 1. The third kappa shape index (κ3) is 1.76. The number of rotatable bonds is 2. The molecule has 0 saturated carbocycles. The lowest BCUT2D eigenvalue weighted by Crippen LogP contribution is -2.09. The number of halogens is 1. The minimum Gasteiger partial charge on any atom is -0.348 e. The Morgan fingerprint density at radius 1 is 1.40 bits per heavy atom.